The molecule has 0 aliphatic heterocycles. The van der Waals surface area contributed by atoms with Crippen molar-refractivity contribution in [1.29, 1.82) is 5.26 Å². The number of aromatic nitrogens is 2. The Bertz CT molecular complexity index is 540. The lowest BCUT2D eigenvalue weighted by Crippen LogP contribution is -2.27. The van der Waals surface area contributed by atoms with E-state index < -0.39 is 11.5 Å². The van der Waals surface area contributed by atoms with Crippen LogP contribution in [0.15, 0.2) is 4.79 Å². The first-order valence-electron chi connectivity index (χ1n) is 5.17. The Morgan fingerprint density at radius 3 is 2.71 bits per heavy atom. The summed E-state index contributed by atoms with van der Waals surface area (Å²) in [6, 6.07) is 1.85. The lowest BCUT2D eigenvalue weighted by Gasteiger charge is -2.07. The van der Waals surface area contributed by atoms with E-state index in [2.05, 4.69) is 5.10 Å². The van der Waals surface area contributed by atoms with E-state index in [1.54, 1.807) is 13.8 Å². The van der Waals surface area contributed by atoms with Crippen LogP contribution in [0.5, 0.6) is 0 Å². The monoisotopic (exact) mass is 235 g/mol. The van der Waals surface area contributed by atoms with E-state index in [0.29, 0.717) is 17.7 Å². The fourth-order valence-corrected chi connectivity index (χ4v) is 1.44. The summed E-state index contributed by atoms with van der Waals surface area (Å²) in [5.74, 6) is -0.914. The molecule has 1 N–H and O–H groups in total. The zero-order chi connectivity index (χ0) is 13.0. The Hall–Kier alpha value is -2.16. The van der Waals surface area contributed by atoms with Gasteiger partial charge in [-0.05, 0) is 25.8 Å². The summed E-state index contributed by atoms with van der Waals surface area (Å²) in [5.41, 5.74) is 0.803. The van der Waals surface area contributed by atoms with E-state index in [1.807, 2.05) is 6.07 Å². The smallest absolute Gasteiger partial charge is 0.303 e. The molecular formula is C11H13N3O3. The van der Waals surface area contributed by atoms with Crippen molar-refractivity contribution in [2.75, 3.05) is 0 Å². The fourth-order valence-electron chi connectivity index (χ4n) is 1.44. The number of rotatable bonds is 4. The van der Waals surface area contributed by atoms with Crippen molar-refractivity contribution in [1.82, 2.24) is 9.78 Å². The van der Waals surface area contributed by atoms with Gasteiger partial charge in [0.1, 0.15) is 11.6 Å². The van der Waals surface area contributed by atoms with Gasteiger partial charge in [0, 0.05) is 13.0 Å². The van der Waals surface area contributed by atoms with E-state index >= 15 is 0 Å². The van der Waals surface area contributed by atoms with Crippen molar-refractivity contribution in [2.24, 2.45) is 0 Å². The highest BCUT2D eigenvalue weighted by Gasteiger charge is 2.11. The van der Waals surface area contributed by atoms with E-state index in [4.69, 9.17) is 10.4 Å². The van der Waals surface area contributed by atoms with Crippen LogP contribution in [0.3, 0.4) is 0 Å². The average molecular weight is 235 g/mol. The van der Waals surface area contributed by atoms with Gasteiger partial charge in [0.25, 0.3) is 5.56 Å². The number of nitriles is 1. The number of carbonyl (C=O) groups is 1. The van der Waals surface area contributed by atoms with Crippen LogP contribution in [0, 0.1) is 25.2 Å². The molecule has 1 heterocycles. The molecule has 1 aromatic rings. The Morgan fingerprint density at radius 2 is 2.18 bits per heavy atom. The number of hydrogen-bond acceptors (Lipinski definition) is 4. The predicted octanol–water partition coefficient (Wildman–Crippen LogP) is 0.597. The number of carboxylic acids is 1. The number of carboxylic acid groups (broad SMARTS) is 1. The molecule has 0 fully saturated rings. The minimum atomic E-state index is -0.914. The van der Waals surface area contributed by atoms with Gasteiger partial charge in [-0.15, -0.1) is 0 Å². The third kappa shape index (κ3) is 2.91. The lowest BCUT2D eigenvalue weighted by atomic mass is 10.1. The van der Waals surface area contributed by atoms with Gasteiger partial charge in [0.2, 0.25) is 0 Å². The number of aryl methyl sites for hydroxylation is 2. The summed E-state index contributed by atoms with van der Waals surface area (Å²) in [6.45, 7) is 3.59. The van der Waals surface area contributed by atoms with Gasteiger partial charge < -0.3 is 5.11 Å². The molecule has 1 rings (SSSR count). The van der Waals surface area contributed by atoms with Crippen LogP contribution in [0.2, 0.25) is 0 Å². The topological polar surface area (TPSA) is 96.0 Å². The summed E-state index contributed by atoms with van der Waals surface area (Å²) in [5, 5.41) is 21.4. The quantitative estimate of drug-likeness (QED) is 0.824. The third-order valence-electron chi connectivity index (χ3n) is 2.51. The molecule has 0 saturated carbocycles. The van der Waals surface area contributed by atoms with E-state index in [9.17, 15) is 9.59 Å². The molecule has 0 unspecified atom stereocenters. The molecule has 0 aliphatic rings. The SMILES string of the molecule is Cc1nn(CCCC(=O)O)c(=O)c(C#N)c1C. The molecule has 1 aromatic heterocycles. The van der Waals surface area contributed by atoms with E-state index in [0.717, 1.165) is 4.68 Å². The summed E-state index contributed by atoms with van der Waals surface area (Å²) in [6.07, 6.45) is 0.290. The second-order valence-corrected chi connectivity index (χ2v) is 3.72. The fraction of sp³-hybridized carbons (Fsp3) is 0.455. The van der Waals surface area contributed by atoms with Gasteiger partial charge in [-0.1, -0.05) is 0 Å². The van der Waals surface area contributed by atoms with Crippen LogP contribution in [0.1, 0.15) is 29.7 Å². The van der Waals surface area contributed by atoms with Crippen LogP contribution in [0.4, 0.5) is 0 Å². The minimum absolute atomic E-state index is 0.0249. The Kier molecular flexibility index (Phi) is 3.99. The third-order valence-corrected chi connectivity index (χ3v) is 2.51. The van der Waals surface area contributed by atoms with Crippen LogP contribution < -0.4 is 5.56 Å². The lowest BCUT2D eigenvalue weighted by molar-refractivity contribution is -0.137. The van der Waals surface area contributed by atoms with Crippen molar-refractivity contribution in [3.05, 3.63) is 27.2 Å². The van der Waals surface area contributed by atoms with Gasteiger partial charge in [-0.3, -0.25) is 9.59 Å². The first-order chi connectivity index (χ1) is 7.97. The maximum atomic E-state index is 11.8. The minimum Gasteiger partial charge on any atom is -0.481 e. The highest BCUT2D eigenvalue weighted by molar-refractivity contribution is 5.66. The Labute approximate surface area is 98.1 Å². The first kappa shape index (κ1) is 12.9. The molecule has 0 spiro atoms. The van der Waals surface area contributed by atoms with Gasteiger partial charge in [0.15, 0.2) is 0 Å². The van der Waals surface area contributed by atoms with Crippen LogP contribution in [0.25, 0.3) is 0 Å². The summed E-state index contributed by atoms with van der Waals surface area (Å²) in [4.78, 5) is 22.1. The van der Waals surface area contributed by atoms with Gasteiger partial charge in [-0.25, -0.2) is 4.68 Å². The second-order valence-electron chi connectivity index (χ2n) is 3.72. The highest BCUT2D eigenvalue weighted by atomic mass is 16.4. The zero-order valence-electron chi connectivity index (χ0n) is 9.73. The predicted molar refractivity (Wildman–Crippen MR) is 59.6 cm³/mol. The number of hydrogen-bond donors (Lipinski definition) is 1. The molecule has 6 heteroatoms. The molecule has 0 radical (unpaired) electrons. The number of aliphatic carboxylic acids is 1. The first-order valence-corrected chi connectivity index (χ1v) is 5.17. The molecule has 6 nitrogen and oxygen atoms in total. The summed E-state index contributed by atoms with van der Waals surface area (Å²) >= 11 is 0. The van der Waals surface area contributed by atoms with Gasteiger partial charge >= 0.3 is 5.97 Å². The van der Waals surface area contributed by atoms with Crippen LogP contribution in [-0.4, -0.2) is 20.9 Å². The zero-order valence-corrected chi connectivity index (χ0v) is 9.73. The summed E-state index contributed by atoms with van der Waals surface area (Å²) < 4.78 is 1.16. The molecule has 0 atom stereocenters. The maximum absolute atomic E-state index is 11.8. The molecule has 0 amide bonds. The van der Waals surface area contributed by atoms with Crippen molar-refractivity contribution in [3.8, 4) is 6.07 Å². The normalized spacial score (nSPS) is 9.94. The molecular weight excluding hydrogens is 222 g/mol. The Morgan fingerprint density at radius 1 is 1.53 bits per heavy atom. The standard InChI is InChI=1S/C11H13N3O3/c1-7-8(2)13-14(5-3-4-10(15)16)11(17)9(7)6-12/h3-5H2,1-2H3,(H,15,16). The molecule has 0 saturated heterocycles. The number of nitrogens with zero attached hydrogens (tertiary/aromatic N) is 3. The van der Waals surface area contributed by atoms with Crippen molar-refractivity contribution in [2.45, 2.75) is 33.2 Å². The van der Waals surface area contributed by atoms with Crippen molar-refractivity contribution in [3.63, 3.8) is 0 Å². The molecule has 0 bridgehead atoms. The van der Waals surface area contributed by atoms with Gasteiger partial charge in [0.05, 0.1) is 5.69 Å². The summed E-state index contributed by atoms with van der Waals surface area (Å²) in [7, 11) is 0. The van der Waals surface area contributed by atoms with Crippen molar-refractivity contribution >= 4 is 5.97 Å². The van der Waals surface area contributed by atoms with E-state index in [-0.39, 0.29) is 18.5 Å². The highest BCUT2D eigenvalue weighted by Crippen LogP contribution is 2.05. The average Bonchev–Trinajstić information content (AvgIpc) is 2.26. The van der Waals surface area contributed by atoms with Crippen LogP contribution >= 0.6 is 0 Å². The molecule has 90 valence electrons. The molecule has 0 aliphatic carbocycles. The van der Waals surface area contributed by atoms with Gasteiger partial charge in [-0.2, -0.15) is 10.4 Å². The largest absolute Gasteiger partial charge is 0.481 e. The second kappa shape index (κ2) is 5.25. The molecule has 17 heavy (non-hydrogen) atoms. The maximum Gasteiger partial charge on any atom is 0.303 e. The molecule has 0 aromatic carbocycles. The van der Waals surface area contributed by atoms with Crippen molar-refractivity contribution < 1.29 is 9.90 Å². The van der Waals surface area contributed by atoms with Crippen LogP contribution in [-0.2, 0) is 11.3 Å². The Balaban J connectivity index is 3.02. The van der Waals surface area contributed by atoms with E-state index in [1.165, 1.54) is 0 Å².